The number of rotatable bonds is 4. The number of halogens is 2. The molecule has 3 heterocycles. The second-order valence-electron chi connectivity index (χ2n) is 7.44. The number of benzene rings is 1. The van der Waals surface area contributed by atoms with Gasteiger partial charge in [-0.2, -0.15) is 0 Å². The van der Waals surface area contributed by atoms with Crippen LogP contribution in [0.1, 0.15) is 21.7 Å². The third kappa shape index (κ3) is 4.11. The van der Waals surface area contributed by atoms with Crippen LogP contribution in [-0.4, -0.2) is 59.0 Å². The molecule has 0 bridgehead atoms. The molecule has 162 valence electrons. The van der Waals surface area contributed by atoms with Crippen LogP contribution in [0.25, 0.3) is 11.0 Å². The zero-order valence-electron chi connectivity index (χ0n) is 17.2. The Hall–Kier alpha value is -3.40. The molecule has 1 fully saturated rings. The van der Waals surface area contributed by atoms with E-state index in [1.54, 1.807) is 19.3 Å². The molecule has 0 radical (unpaired) electrons. The van der Waals surface area contributed by atoms with E-state index in [0.717, 1.165) is 11.8 Å². The van der Waals surface area contributed by atoms with Gasteiger partial charge in [-0.25, -0.2) is 18.7 Å². The molecule has 0 saturated carbocycles. The highest BCUT2D eigenvalue weighted by molar-refractivity contribution is 5.92. The maximum absolute atomic E-state index is 14.9. The van der Waals surface area contributed by atoms with Crippen LogP contribution >= 0.6 is 0 Å². The Kier molecular flexibility index (Phi) is 5.64. The minimum atomic E-state index is -0.781. The number of nitrogens with one attached hydrogen (secondary N) is 2. The number of hydrogen-bond acceptors (Lipinski definition) is 6. The molecule has 1 amide bonds. The van der Waals surface area contributed by atoms with Gasteiger partial charge in [0.1, 0.15) is 22.7 Å². The van der Waals surface area contributed by atoms with E-state index in [4.69, 9.17) is 0 Å². The van der Waals surface area contributed by atoms with E-state index in [2.05, 4.69) is 25.2 Å². The summed E-state index contributed by atoms with van der Waals surface area (Å²) in [5.41, 5.74) is 0.825. The Morgan fingerprint density at radius 1 is 1.23 bits per heavy atom. The second kappa shape index (κ2) is 8.38. The van der Waals surface area contributed by atoms with Crippen LogP contribution in [0.5, 0.6) is 0 Å². The minimum Gasteiger partial charge on any atom is -0.368 e. The molecule has 1 saturated heterocycles. The van der Waals surface area contributed by atoms with Crippen molar-refractivity contribution < 1.29 is 13.6 Å². The Bertz CT molecular complexity index is 1190. The van der Waals surface area contributed by atoms with Crippen LogP contribution in [-0.2, 0) is 6.54 Å². The molecule has 0 unspecified atom stereocenters. The number of hydrogen-bond donors (Lipinski definition) is 2. The first kappa shape index (κ1) is 20.9. The first-order valence-electron chi connectivity index (χ1n) is 9.90. The first-order chi connectivity index (χ1) is 14.9. The number of piperazine rings is 1. The van der Waals surface area contributed by atoms with Crippen molar-refractivity contribution in [3.05, 3.63) is 63.3 Å². The lowest BCUT2D eigenvalue weighted by molar-refractivity contribution is 0.0958. The smallest absolute Gasteiger partial charge is 0.269 e. The minimum absolute atomic E-state index is 0.0760. The van der Waals surface area contributed by atoms with Crippen LogP contribution in [0.2, 0.25) is 0 Å². The SMILES string of the molecule is CNC(=O)c1ccc(N2CCN(Cc3c(F)cc4nc(C)c(=O)[nH]c4c3F)CC2)cn1. The van der Waals surface area contributed by atoms with Crippen molar-refractivity contribution in [2.75, 3.05) is 38.1 Å². The number of fused-ring (bicyclic) bond motifs is 1. The molecular weight excluding hydrogens is 406 g/mol. The third-order valence-corrected chi connectivity index (χ3v) is 5.47. The third-order valence-electron chi connectivity index (χ3n) is 5.47. The van der Waals surface area contributed by atoms with Crippen LogP contribution in [0.15, 0.2) is 29.2 Å². The van der Waals surface area contributed by atoms with Gasteiger partial charge in [-0.05, 0) is 19.1 Å². The Morgan fingerprint density at radius 3 is 2.61 bits per heavy atom. The number of carbonyl (C=O) groups is 1. The number of anilines is 1. The summed E-state index contributed by atoms with van der Waals surface area (Å²) in [7, 11) is 1.55. The van der Waals surface area contributed by atoms with Crippen molar-refractivity contribution >= 4 is 22.6 Å². The standard InChI is InChI=1S/C21H22F2N6O2/c1-12-20(30)27-19-17(26-12)9-15(22)14(18(19)23)11-28-5-7-29(8-6-28)13-3-4-16(25-10-13)21(31)24-2/h3-4,9-10H,5-8,11H2,1-2H3,(H,24,31)(H,27,30). The van der Waals surface area contributed by atoms with E-state index in [-0.39, 0.29) is 34.7 Å². The van der Waals surface area contributed by atoms with Gasteiger partial charge in [0.15, 0.2) is 5.82 Å². The summed E-state index contributed by atoms with van der Waals surface area (Å²) in [4.78, 5) is 38.1. The summed E-state index contributed by atoms with van der Waals surface area (Å²) in [6.45, 7) is 4.06. The van der Waals surface area contributed by atoms with Crippen LogP contribution in [0.3, 0.4) is 0 Å². The number of H-pyrrole nitrogens is 1. The monoisotopic (exact) mass is 428 g/mol. The number of aromatic nitrogens is 3. The molecule has 8 nitrogen and oxygen atoms in total. The van der Waals surface area contributed by atoms with Gasteiger partial charge < -0.3 is 15.2 Å². The molecule has 4 rings (SSSR count). The number of aromatic amines is 1. The summed E-state index contributed by atoms with van der Waals surface area (Å²) >= 11 is 0. The highest BCUT2D eigenvalue weighted by atomic mass is 19.1. The lowest BCUT2D eigenvalue weighted by Crippen LogP contribution is -2.46. The van der Waals surface area contributed by atoms with Gasteiger partial charge in [-0.15, -0.1) is 0 Å². The van der Waals surface area contributed by atoms with E-state index in [0.29, 0.717) is 31.9 Å². The molecule has 0 spiro atoms. The fourth-order valence-electron chi connectivity index (χ4n) is 3.66. The highest BCUT2D eigenvalue weighted by Crippen LogP contribution is 2.23. The molecule has 0 aliphatic carbocycles. The molecule has 1 aliphatic heterocycles. The molecule has 2 N–H and O–H groups in total. The topological polar surface area (TPSA) is 94.2 Å². The van der Waals surface area contributed by atoms with Gasteiger partial charge in [0.05, 0.1) is 17.4 Å². The van der Waals surface area contributed by atoms with E-state index in [9.17, 15) is 18.4 Å². The number of aryl methyl sites for hydroxylation is 1. The summed E-state index contributed by atoms with van der Waals surface area (Å²) in [6.07, 6.45) is 1.65. The van der Waals surface area contributed by atoms with Crippen molar-refractivity contribution in [1.29, 1.82) is 0 Å². The van der Waals surface area contributed by atoms with Gasteiger partial charge in [-0.3, -0.25) is 14.5 Å². The first-order valence-corrected chi connectivity index (χ1v) is 9.90. The molecular formula is C21H22F2N6O2. The Labute approximate surface area is 176 Å². The van der Waals surface area contributed by atoms with E-state index < -0.39 is 17.2 Å². The molecule has 10 heteroatoms. The van der Waals surface area contributed by atoms with Crippen molar-refractivity contribution in [3.8, 4) is 0 Å². The van der Waals surface area contributed by atoms with E-state index in [1.807, 2.05) is 11.0 Å². The largest absolute Gasteiger partial charge is 0.368 e. The van der Waals surface area contributed by atoms with Crippen molar-refractivity contribution in [3.63, 3.8) is 0 Å². The number of nitrogens with zero attached hydrogens (tertiary/aromatic N) is 4. The van der Waals surface area contributed by atoms with Crippen LogP contribution in [0.4, 0.5) is 14.5 Å². The second-order valence-corrected chi connectivity index (χ2v) is 7.44. The fourth-order valence-corrected chi connectivity index (χ4v) is 3.66. The zero-order valence-corrected chi connectivity index (χ0v) is 17.2. The lowest BCUT2D eigenvalue weighted by atomic mass is 10.1. The van der Waals surface area contributed by atoms with Gasteiger partial charge in [0, 0.05) is 51.4 Å². The van der Waals surface area contributed by atoms with Crippen molar-refractivity contribution in [1.82, 2.24) is 25.2 Å². The normalized spacial score (nSPS) is 14.8. The van der Waals surface area contributed by atoms with Crippen molar-refractivity contribution in [2.45, 2.75) is 13.5 Å². The molecule has 0 atom stereocenters. The van der Waals surface area contributed by atoms with Gasteiger partial charge in [-0.1, -0.05) is 0 Å². The number of amides is 1. The summed E-state index contributed by atoms with van der Waals surface area (Å²) in [6, 6.07) is 4.66. The lowest BCUT2D eigenvalue weighted by Gasteiger charge is -2.36. The molecule has 1 aromatic carbocycles. The zero-order chi connectivity index (χ0) is 22.1. The summed E-state index contributed by atoms with van der Waals surface area (Å²) in [5, 5.41) is 2.53. The van der Waals surface area contributed by atoms with E-state index in [1.165, 1.54) is 6.92 Å². The molecule has 1 aliphatic rings. The molecule has 2 aromatic heterocycles. The number of pyridine rings is 1. The highest BCUT2D eigenvalue weighted by Gasteiger charge is 2.22. The quantitative estimate of drug-likeness (QED) is 0.656. The van der Waals surface area contributed by atoms with Gasteiger partial charge in [0.25, 0.3) is 11.5 Å². The summed E-state index contributed by atoms with van der Waals surface area (Å²) in [5.74, 6) is -1.71. The average Bonchev–Trinajstić information content (AvgIpc) is 2.78. The maximum atomic E-state index is 14.9. The fraction of sp³-hybridized carbons (Fsp3) is 0.333. The predicted octanol–water partition coefficient (Wildman–Crippen LogP) is 1.59. The van der Waals surface area contributed by atoms with Crippen LogP contribution in [0, 0.1) is 18.6 Å². The maximum Gasteiger partial charge on any atom is 0.269 e. The molecule has 31 heavy (non-hydrogen) atoms. The molecule has 3 aromatic rings. The van der Waals surface area contributed by atoms with Gasteiger partial charge in [0.2, 0.25) is 0 Å². The van der Waals surface area contributed by atoms with Crippen LogP contribution < -0.4 is 15.8 Å². The van der Waals surface area contributed by atoms with Crippen molar-refractivity contribution in [2.24, 2.45) is 0 Å². The predicted molar refractivity (Wildman–Crippen MR) is 112 cm³/mol. The Balaban J connectivity index is 1.46. The summed E-state index contributed by atoms with van der Waals surface area (Å²) < 4.78 is 29.5. The number of carbonyl (C=O) groups excluding carboxylic acids is 1. The van der Waals surface area contributed by atoms with Gasteiger partial charge >= 0.3 is 0 Å². The van der Waals surface area contributed by atoms with E-state index >= 15 is 0 Å². The Morgan fingerprint density at radius 2 is 1.97 bits per heavy atom. The average molecular weight is 428 g/mol.